The number of fused-ring (bicyclic) bond motifs is 1. The Morgan fingerprint density at radius 3 is 2.79 bits per heavy atom. The Balaban J connectivity index is 1.24. The summed E-state index contributed by atoms with van der Waals surface area (Å²) in [5.41, 5.74) is 0.801. The van der Waals surface area contributed by atoms with Gasteiger partial charge in [0, 0.05) is 38.6 Å². The topological polar surface area (TPSA) is 72.2 Å². The van der Waals surface area contributed by atoms with Gasteiger partial charge in [-0.2, -0.15) is 5.10 Å². The van der Waals surface area contributed by atoms with E-state index in [-0.39, 0.29) is 29.9 Å². The van der Waals surface area contributed by atoms with Gasteiger partial charge in [-0.3, -0.25) is 14.3 Å². The highest BCUT2D eigenvalue weighted by Gasteiger charge is 2.24. The van der Waals surface area contributed by atoms with Crippen molar-refractivity contribution < 1.29 is 9.18 Å². The molecule has 150 valence electrons. The van der Waals surface area contributed by atoms with Gasteiger partial charge in [0.2, 0.25) is 5.91 Å². The first-order valence-corrected chi connectivity index (χ1v) is 10.0. The van der Waals surface area contributed by atoms with Crippen molar-refractivity contribution in [2.45, 2.75) is 51.2 Å². The van der Waals surface area contributed by atoms with Crippen LogP contribution in [0.25, 0.3) is 0 Å². The fourth-order valence-electron chi connectivity index (χ4n) is 4.05. The Morgan fingerprint density at radius 1 is 1.18 bits per heavy atom. The Morgan fingerprint density at radius 2 is 2.00 bits per heavy atom. The molecule has 7 nitrogen and oxygen atoms in total. The predicted molar refractivity (Wildman–Crippen MR) is 103 cm³/mol. The van der Waals surface area contributed by atoms with E-state index >= 15 is 0 Å². The normalized spacial score (nSPS) is 19.5. The number of nitrogens with one attached hydrogen (secondary N) is 1. The lowest BCUT2D eigenvalue weighted by atomic mass is 10.1. The largest absolute Gasteiger partial charge is 0.352 e. The van der Waals surface area contributed by atoms with Gasteiger partial charge in [0.1, 0.15) is 11.6 Å². The van der Waals surface area contributed by atoms with Crippen molar-refractivity contribution in [2.24, 2.45) is 0 Å². The maximum atomic E-state index is 12.9. The first-order chi connectivity index (χ1) is 13.6. The SMILES string of the molecule is O=C(Cc1ccc(F)cc1)NC1CCN(CCn2nc3n(c2=O)CCCC3)C1. The summed E-state index contributed by atoms with van der Waals surface area (Å²) in [6, 6.07) is 6.13. The Kier molecular flexibility index (Phi) is 5.57. The van der Waals surface area contributed by atoms with Crippen LogP contribution < -0.4 is 11.0 Å². The quantitative estimate of drug-likeness (QED) is 0.801. The van der Waals surface area contributed by atoms with Gasteiger partial charge in [-0.15, -0.1) is 0 Å². The third-order valence-corrected chi connectivity index (χ3v) is 5.57. The number of rotatable bonds is 6. The van der Waals surface area contributed by atoms with Crippen LogP contribution in [0, 0.1) is 5.82 Å². The lowest BCUT2D eigenvalue weighted by molar-refractivity contribution is -0.121. The maximum absolute atomic E-state index is 12.9. The lowest BCUT2D eigenvalue weighted by Gasteiger charge is -2.16. The minimum atomic E-state index is -0.298. The van der Waals surface area contributed by atoms with E-state index in [2.05, 4.69) is 15.3 Å². The number of amides is 1. The highest BCUT2D eigenvalue weighted by molar-refractivity contribution is 5.78. The number of aryl methyl sites for hydroxylation is 1. The smallest absolute Gasteiger partial charge is 0.345 e. The van der Waals surface area contributed by atoms with Gasteiger partial charge in [-0.05, 0) is 37.0 Å². The first-order valence-electron chi connectivity index (χ1n) is 10.0. The third-order valence-electron chi connectivity index (χ3n) is 5.57. The van der Waals surface area contributed by atoms with Gasteiger partial charge >= 0.3 is 5.69 Å². The average Bonchev–Trinajstić information content (AvgIpc) is 3.26. The molecule has 1 N–H and O–H groups in total. The number of hydrogen-bond donors (Lipinski definition) is 1. The second kappa shape index (κ2) is 8.26. The number of halogens is 1. The van der Waals surface area contributed by atoms with E-state index in [0.29, 0.717) is 6.54 Å². The van der Waals surface area contributed by atoms with E-state index in [1.165, 1.54) is 12.1 Å². The highest BCUT2D eigenvalue weighted by Crippen LogP contribution is 2.11. The van der Waals surface area contributed by atoms with Crippen molar-refractivity contribution in [3.8, 4) is 0 Å². The zero-order valence-corrected chi connectivity index (χ0v) is 15.9. The molecule has 2 aromatic rings. The third kappa shape index (κ3) is 4.32. The number of hydrogen-bond acceptors (Lipinski definition) is 4. The monoisotopic (exact) mass is 387 g/mol. The van der Waals surface area contributed by atoms with Crippen LogP contribution in [0.1, 0.15) is 30.7 Å². The fraction of sp³-hybridized carbons (Fsp3) is 0.550. The van der Waals surface area contributed by atoms with Gasteiger partial charge in [0.15, 0.2) is 0 Å². The lowest BCUT2D eigenvalue weighted by Crippen LogP contribution is -2.38. The average molecular weight is 387 g/mol. The highest BCUT2D eigenvalue weighted by atomic mass is 19.1. The molecule has 1 atom stereocenters. The molecule has 0 bridgehead atoms. The van der Waals surface area contributed by atoms with Crippen LogP contribution in [0.2, 0.25) is 0 Å². The van der Waals surface area contributed by atoms with Crippen molar-refractivity contribution in [2.75, 3.05) is 19.6 Å². The number of carbonyl (C=O) groups excluding carboxylic acids is 1. The van der Waals surface area contributed by atoms with Crippen LogP contribution in [-0.4, -0.2) is 50.8 Å². The van der Waals surface area contributed by atoms with E-state index < -0.39 is 0 Å². The molecule has 1 fully saturated rings. The van der Waals surface area contributed by atoms with Crippen molar-refractivity contribution >= 4 is 5.91 Å². The molecule has 0 saturated carbocycles. The van der Waals surface area contributed by atoms with E-state index in [9.17, 15) is 14.0 Å². The van der Waals surface area contributed by atoms with Crippen LogP contribution in [-0.2, 0) is 30.7 Å². The molecule has 1 aromatic carbocycles. The number of likely N-dealkylation sites (tertiary alicyclic amines) is 1. The molecule has 1 unspecified atom stereocenters. The molecule has 0 aliphatic carbocycles. The van der Waals surface area contributed by atoms with Gasteiger partial charge in [-0.25, -0.2) is 13.9 Å². The molecule has 0 radical (unpaired) electrons. The molecule has 1 amide bonds. The van der Waals surface area contributed by atoms with Crippen molar-refractivity contribution in [1.82, 2.24) is 24.6 Å². The molecule has 28 heavy (non-hydrogen) atoms. The second-order valence-electron chi connectivity index (χ2n) is 7.69. The minimum absolute atomic E-state index is 0.00181. The predicted octanol–water partition coefficient (Wildman–Crippen LogP) is 0.953. The summed E-state index contributed by atoms with van der Waals surface area (Å²) in [6.07, 6.45) is 4.18. The maximum Gasteiger partial charge on any atom is 0.345 e. The van der Waals surface area contributed by atoms with E-state index in [0.717, 1.165) is 63.3 Å². The first kappa shape index (κ1) is 18.9. The summed E-state index contributed by atoms with van der Waals surface area (Å²) in [5.74, 6) is 0.563. The standard InChI is InChI=1S/C20H26FN5O2/c21-16-6-4-15(5-7-16)13-19(27)22-17-8-10-24(14-17)11-12-26-20(28)25-9-2-1-3-18(25)23-26/h4-7,17H,1-3,8-14H2,(H,22,27). The van der Waals surface area contributed by atoms with Gasteiger partial charge in [0.05, 0.1) is 13.0 Å². The summed E-state index contributed by atoms with van der Waals surface area (Å²) in [6.45, 7) is 3.77. The summed E-state index contributed by atoms with van der Waals surface area (Å²) >= 11 is 0. The number of benzene rings is 1. The van der Waals surface area contributed by atoms with Crippen molar-refractivity contribution in [3.05, 3.63) is 52.0 Å². The Bertz CT molecular complexity index is 889. The molecule has 2 aliphatic heterocycles. The fourth-order valence-corrected chi connectivity index (χ4v) is 4.05. The molecule has 0 spiro atoms. The summed E-state index contributed by atoms with van der Waals surface area (Å²) < 4.78 is 16.3. The molecular weight excluding hydrogens is 361 g/mol. The minimum Gasteiger partial charge on any atom is -0.352 e. The van der Waals surface area contributed by atoms with Gasteiger partial charge in [0.25, 0.3) is 0 Å². The van der Waals surface area contributed by atoms with Crippen LogP contribution >= 0.6 is 0 Å². The Hall–Kier alpha value is -2.48. The molecule has 8 heteroatoms. The van der Waals surface area contributed by atoms with Gasteiger partial charge < -0.3 is 5.32 Å². The Labute approximate surface area is 163 Å². The molecule has 2 aliphatic rings. The summed E-state index contributed by atoms with van der Waals surface area (Å²) in [4.78, 5) is 26.9. The zero-order chi connectivity index (χ0) is 19.5. The second-order valence-corrected chi connectivity index (χ2v) is 7.69. The van der Waals surface area contributed by atoms with Gasteiger partial charge in [-0.1, -0.05) is 12.1 Å². The number of nitrogens with zero attached hydrogens (tertiary/aromatic N) is 4. The van der Waals surface area contributed by atoms with Crippen molar-refractivity contribution in [3.63, 3.8) is 0 Å². The molecule has 4 rings (SSSR count). The number of carbonyl (C=O) groups is 1. The van der Waals surface area contributed by atoms with Crippen LogP contribution in [0.5, 0.6) is 0 Å². The van der Waals surface area contributed by atoms with E-state index in [1.54, 1.807) is 21.4 Å². The van der Waals surface area contributed by atoms with Crippen LogP contribution in [0.15, 0.2) is 29.1 Å². The van der Waals surface area contributed by atoms with E-state index in [4.69, 9.17) is 0 Å². The molecule has 1 aromatic heterocycles. The van der Waals surface area contributed by atoms with Crippen LogP contribution in [0.3, 0.4) is 0 Å². The number of aromatic nitrogens is 3. The summed E-state index contributed by atoms with van der Waals surface area (Å²) in [7, 11) is 0. The molecule has 3 heterocycles. The van der Waals surface area contributed by atoms with E-state index in [1.807, 2.05) is 0 Å². The zero-order valence-electron chi connectivity index (χ0n) is 15.9. The van der Waals surface area contributed by atoms with Crippen LogP contribution in [0.4, 0.5) is 4.39 Å². The molecule has 1 saturated heterocycles. The summed E-state index contributed by atoms with van der Waals surface area (Å²) in [5, 5.41) is 7.53. The van der Waals surface area contributed by atoms with Crippen molar-refractivity contribution in [1.29, 1.82) is 0 Å². The molecular formula is C20H26FN5O2.